The lowest BCUT2D eigenvalue weighted by atomic mass is 9.90. The molecular formula is C9H20O2. The van der Waals surface area contributed by atoms with Crippen LogP contribution in [0.5, 0.6) is 0 Å². The van der Waals surface area contributed by atoms with Gasteiger partial charge in [-0.1, -0.05) is 20.8 Å². The van der Waals surface area contributed by atoms with E-state index in [1.54, 1.807) is 0 Å². The third kappa shape index (κ3) is 5.22. The lowest BCUT2D eigenvalue weighted by Gasteiger charge is -2.26. The van der Waals surface area contributed by atoms with E-state index in [-0.39, 0.29) is 17.6 Å². The van der Waals surface area contributed by atoms with Gasteiger partial charge in [-0.3, -0.25) is 0 Å². The van der Waals surface area contributed by atoms with Gasteiger partial charge in [0.2, 0.25) is 0 Å². The predicted molar refractivity (Wildman–Crippen MR) is 46.5 cm³/mol. The predicted octanol–water partition coefficient (Wildman–Crippen LogP) is 1.82. The molecule has 0 aromatic carbocycles. The van der Waals surface area contributed by atoms with E-state index in [9.17, 15) is 5.11 Å². The monoisotopic (exact) mass is 160 g/mol. The molecule has 0 aliphatic heterocycles. The molecule has 0 aromatic heterocycles. The van der Waals surface area contributed by atoms with Crippen LogP contribution in [0.2, 0.25) is 0 Å². The third-order valence-electron chi connectivity index (χ3n) is 1.59. The molecule has 0 bridgehead atoms. The normalized spacial score (nSPS) is 15.5. The first-order valence-corrected chi connectivity index (χ1v) is 4.13. The van der Waals surface area contributed by atoms with Gasteiger partial charge in [0.1, 0.15) is 0 Å². The van der Waals surface area contributed by atoms with Crippen molar-refractivity contribution in [3.63, 3.8) is 0 Å². The molecule has 1 atom stereocenters. The SMILES string of the molecule is CC(C)OCC(O)C(C)(C)C. The molecule has 0 amide bonds. The van der Waals surface area contributed by atoms with Crippen LogP contribution in [0.3, 0.4) is 0 Å². The van der Waals surface area contributed by atoms with Gasteiger partial charge >= 0.3 is 0 Å². The minimum Gasteiger partial charge on any atom is -0.390 e. The van der Waals surface area contributed by atoms with Gasteiger partial charge in [0.15, 0.2) is 0 Å². The van der Waals surface area contributed by atoms with Crippen molar-refractivity contribution in [2.45, 2.75) is 46.8 Å². The molecule has 0 radical (unpaired) electrons. The number of aliphatic hydroxyl groups is 1. The summed E-state index contributed by atoms with van der Waals surface area (Å²) in [6, 6.07) is 0. The first kappa shape index (κ1) is 10.9. The van der Waals surface area contributed by atoms with Crippen LogP contribution in [0.25, 0.3) is 0 Å². The van der Waals surface area contributed by atoms with Crippen molar-refractivity contribution < 1.29 is 9.84 Å². The van der Waals surface area contributed by atoms with Gasteiger partial charge < -0.3 is 9.84 Å². The van der Waals surface area contributed by atoms with Gasteiger partial charge in [0, 0.05) is 0 Å². The average molecular weight is 160 g/mol. The standard InChI is InChI=1S/C9H20O2/c1-7(2)11-6-8(10)9(3,4)5/h7-8,10H,6H2,1-5H3. The molecule has 0 aliphatic rings. The fraction of sp³-hybridized carbons (Fsp3) is 1.00. The van der Waals surface area contributed by atoms with Crippen LogP contribution in [0, 0.1) is 5.41 Å². The fourth-order valence-electron chi connectivity index (χ4n) is 0.534. The van der Waals surface area contributed by atoms with Crippen LogP contribution in [0.4, 0.5) is 0 Å². The molecule has 0 saturated heterocycles. The number of rotatable bonds is 3. The fourth-order valence-corrected chi connectivity index (χ4v) is 0.534. The molecule has 68 valence electrons. The van der Waals surface area contributed by atoms with Crippen LogP contribution in [0.15, 0.2) is 0 Å². The van der Waals surface area contributed by atoms with E-state index in [1.165, 1.54) is 0 Å². The topological polar surface area (TPSA) is 29.5 Å². The molecule has 0 saturated carbocycles. The summed E-state index contributed by atoms with van der Waals surface area (Å²) in [4.78, 5) is 0. The second-order valence-electron chi connectivity index (χ2n) is 4.26. The molecule has 0 aliphatic carbocycles. The number of hydrogen-bond donors (Lipinski definition) is 1. The highest BCUT2D eigenvalue weighted by Gasteiger charge is 2.22. The van der Waals surface area contributed by atoms with Crippen molar-refractivity contribution in [3.8, 4) is 0 Å². The lowest BCUT2D eigenvalue weighted by molar-refractivity contribution is -0.0399. The third-order valence-corrected chi connectivity index (χ3v) is 1.59. The molecule has 0 aromatic rings. The Morgan fingerprint density at radius 3 is 2.00 bits per heavy atom. The number of aliphatic hydroxyl groups excluding tert-OH is 1. The summed E-state index contributed by atoms with van der Waals surface area (Å²) >= 11 is 0. The Balaban J connectivity index is 3.61. The van der Waals surface area contributed by atoms with E-state index in [4.69, 9.17) is 4.74 Å². The highest BCUT2D eigenvalue weighted by Crippen LogP contribution is 2.19. The molecule has 0 heterocycles. The first-order chi connectivity index (χ1) is 4.84. The van der Waals surface area contributed by atoms with Crippen molar-refractivity contribution in [1.82, 2.24) is 0 Å². The Kier molecular flexibility index (Phi) is 4.04. The summed E-state index contributed by atoms with van der Waals surface area (Å²) in [6.45, 7) is 10.4. The van der Waals surface area contributed by atoms with Crippen molar-refractivity contribution in [1.29, 1.82) is 0 Å². The Bertz CT molecular complexity index is 103. The van der Waals surface area contributed by atoms with Gasteiger partial charge in [-0.2, -0.15) is 0 Å². The zero-order valence-electron chi connectivity index (χ0n) is 8.22. The summed E-state index contributed by atoms with van der Waals surface area (Å²) in [5.74, 6) is 0. The van der Waals surface area contributed by atoms with Gasteiger partial charge in [-0.15, -0.1) is 0 Å². The Morgan fingerprint density at radius 1 is 1.27 bits per heavy atom. The van der Waals surface area contributed by atoms with Crippen molar-refractivity contribution in [3.05, 3.63) is 0 Å². The molecule has 1 N–H and O–H groups in total. The van der Waals surface area contributed by atoms with Crippen LogP contribution >= 0.6 is 0 Å². The maximum atomic E-state index is 9.51. The summed E-state index contributed by atoms with van der Waals surface area (Å²) < 4.78 is 5.28. The molecule has 1 unspecified atom stereocenters. The van der Waals surface area contributed by atoms with Crippen LogP contribution in [-0.2, 0) is 4.74 Å². The van der Waals surface area contributed by atoms with Crippen LogP contribution in [-0.4, -0.2) is 23.9 Å². The Hall–Kier alpha value is -0.0800. The molecule has 11 heavy (non-hydrogen) atoms. The van der Waals surface area contributed by atoms with Gasteiger partial charge in [0.05, 0.1) is 18.8 Å². The van der Waals surface area contributed by atoms with Crippen LogP contribution < -0.4 is 0 Å². The molecule has 0 spiro atoms. The minimum absolute atomic E-state index is 0.0745. The zero-order chi connectivity index (χ0) is 9.07. The van der Waals surface area contributed by atoms with Gasteiger partial charge in [0.25, 0.3) is 0 Å². The van der Waals surface area contributed by atoms with E-state index in [1.807, 2.05) is 34.6 Å². The lowest BCUT2D eigenvalue weighted by Crippen LogP contribution is -2.31. The summed E-state index contributed by atoms with van der Waals surface area (Å²) in [7, 11) is 0. The molecule has 0 rings (SSSR count). The van der Waals surface area contributed by atoms with E-state index in [0.717, 1.165) is 0 Å². The second kappa shape index (κ2) is 4.07. The van der Waals surface area contributed by atoms with Crippen LogP contribution in [0.1, 0.15) is 34.6 Å². The van der Waals surface area contributed by atoms with Gasteiger partial charge in [-0.05, 0) is 19.3 Å². The van der Waals surface area contributed by atoms with E-state index in [2.05, 4.69) is 0 Å². The second-order valence-corrected chi connectivity index (χ2v) is 4.26. The van der Waals surface area contributed by atoms with E-state index in [0.29, 0.717) is 6.61 Å². The maximum Gasteiger partial charge on any atom is 0.0821 e. The molecule has 0 fully saturated rings. The van der Waals surface area contributed by atoms with E-state index < -0.39 is 0 Å². The Morgan fingerprint density at radius 2 is 1.73 bits per heavy atom. The molecule has 2 heteroatoms. The minimum atomic E-state index is -0.370. The molecular weight excluding hydrogens is 140 g/mol. The summed E-state index contributed by atoms with van der Waals surface area (Å²) in [6.07, 6.45) is -0.170. The smallest absolute Gasteiger partial charge is 0.0821 e. The summed E-state index contributed by atoms with van der Waals surface area (Å²) in [5.41, 5.74) is -0.0745. The average Bonchev–Trinajstić information content (AvgIpc) is 1.80. The van der Waals surface area contributed by atoms with Crippen molar-refractivity contribution >= 4 is 0 Å². The largest absolute Gasteiger partial charge is 0.390 e. The molecule has 2 nitrogen and oxygen atoms in total. The number of hydrogen-bond acceptors (Lipinski definition) is 2. The highest BCUT2D eigenvalue weighted by molar-refractivity contribution is 4.71. The maximum absolute atomic E-state index is 9.51. The summed E-state index contributed by atoms with van der Waals surface area (Å²) in [5, 5.41) is 9.51. The number of ether oxygens (including phenoxy) is 1. The Labute approximate surface area is 69.6 Å². The van der Waals surface area contributed by atoms with Crippen molar-refractivity contribution in [2.24, 2.45) is 5.41 Å². The quantitative estimate of drug-likeness (QED) is 0.682. The van der Waals surface area contributed by atoms with Gasteiger partial charge in [-0.25, -0.2) is 0 Å². The first-order valence-electron chi connectivity index (χ1n) is 4.13. The highest BCUT2D eigenvalue weighted by atomic mass is 16.5. The zero-order valence-corrected chi connectivity index (χ0v) is 8.22. The van der Waals surface area contributed by atoms with Crippen molar-refractivity contribution in [2.75, 3.05) is 6.61 Å². The van der Waals surface area contributed by atoms with E-state index >= 15 is 0 Å².